The van der Waals surface area contributed by atoms with E-state index in [-0.39, 0.29) is 11.1 Å². The van der Waals surface area contributed by atoms with Crippen LogP contribution in [-0.2, 0) is 6.42 Å². The van der Waals surface area contributed by atoms with Crippen molar-refractivity contribution in [3.63, 3.8) is 0 Å². The van der Waals surface area contributed by atoms with Crippen LogP contribution in [0, 0.1) is 23.5 Å². The molecule has 0 aliphatic rings. The molecule has 0 N–H and O–H groups in total. The highest BCUT2D eigenvalue weighted by Gasteiger charge is 2.28. The lowest BCUT2D eigenvalue weighted by Gasteiger charge is -2.09. The summed E-state index contributed by atoms with van der Waals surface area (Å²) in [6.45, 7) is 0.607. The third kappa shape index (κ3) is 7.13. The molecule has 0 unspecified atom stereocenters. The Labute approximate surface area is 219 Å². The van der Waals surface area contributed by atoms with Crippen molar-refractivity contribution in [1.82, 2.24) is 0 Å². The van der Waals surface area contributed by atoms with Gasteiger partial charge in [-0.3, -0.25) is 0 Å². The first-order valence-electron chi connectivity index (χ1n) is 12.6. The predicted molar refractivity (Wildman–Crippen MR) is 141 cm³/mol. The van der Waals surface area contributed by atoms with Gasteiger partial charge in [-0.15, -0.1) is 0 Å². The highest BCUT2D eigenvalue weighted by Crippen LogP contribution is 2.28. The molecule has 0 spiro atoms. The molecule has 0 heterocycles. The van der Waals surface area contributed by atoms with Gasteiger partial charge < -0.3 is 4.74 Å². The van der Waals surface area contributed by atoms with Gasteiger partial charge in [-0.25, -0.2) is 8.78 Å². The lowest BCUT2D eigenvalue weighted by atomic mass is 9.98. The summed E-state index contributed by atoms with van der Waals surface area (Å²) in [5.74, 6) is 3.36. The summed E-state index contributed by atoms with van der Waals surface area (Å²) in [4.78, 5) is 0. The SMILES string of the molecule is CCCCCCc1ccc(-c2ccc3c(F)c(C#Cc4ccc(OCC(F)(F)F)c(F)c4)ccc3c2)cc1. The summed E-state index contributed by atoms with van der Waals surface area (Å²) in [7, 11) is 0. The number of halogens is 5. The van der Waals surface area contributed by atoms with Crippen molar-refractivity contribution in [2.75, 3.05) is 6.61 Å². The normalized spacial score (nSPS) is 11.3. The number of hydrogen-bond donors (Lipinski definition) is 0. The molecule has 0 aromatic heterocycles. The van der Waals surface area contributed by atoms with Gasteiger partial charge in [-0.05, 0) is 65.3 Å². The van der Waals surface area contributed by atoms with Crippen LogP contribution in [0.3, 0.4) is 0 Å². The quantitative estimate of drug-likeness (QED) is 0.127. The number of fused-ring (bicyclic) bond motifs is 1. The van der Waals surface area contributed by atoms with Crippen molar-refractivity contribution in [1.29, 1.82) is 0 Å². The molecule has 6 heteroatoms. The van der Waals surface area contributed by atoms with E-state index in [0.717, 1.165) is 35.1 Å². The number of aryl methyl sites for hydroxylation is 1. The van der Waals surface area contributed by atoms with E-state index < -0.39 is 30.2 Å². The highest BCUT2D eigenvalue weighted by molar-refractivity contribution is 5.89. The van der Waals surface area contributed by atoms with Crippen LogP contribution in [0.5, 0.6) is 5.75 Å². The zero-order valence-electron chi connectivity index (χ0n) is 21.0. The highest BCUT2D eigenvalue weighted by atomic mass is 19.4. The van der Waals surface area contributed by atoms with Crippen LogP contribution < -0.4 is 4.74 Å². The summed E-state index contributed by atoms with van der Waals surface area (Å²) in [6, 6.07) is 20.7. The van der Waals surface area contributed by atoms with Crippen molar-refractivity contribution >= 4 is 10.8 Å². The number of rotatable bonds is 8. The van der Waals surface area contributed by atoms with Crippen LogP contribution >= 0.6 is 0 Å². The summed E-state index contributed by atoms with van der Waals surface area (Å²) >= 11 is 0. The zero-order valence-corrected chi connectivity index (χ0v) is 21.0. The Hall–Kier alpha value is -3.85. The molecule has 0 saturated heterocycles. The Balaban J connectivity index is 1.49. The minimum Gasteiger partial charge on any atom is -0.481 e. The molecule has 0 aliphatic carbocycles. The average Bonchev–Trinajstić information content (AvgIpc) is 2.90. The number of unbranched alkanes of at least 4 members (excludes halogenated alkanes) is 3. The molecular weight excluding hydrogens is 495 g/mol. The Bertz CT molecular complexity index is 1460. The standard InChI is InChI=1S/C32H27F5O/c1-2-3-4-5-6-22-7-11-24(12-8-22)26-16-17-28-27(20-26)15-14-25(31(28)34)13-9-23-10-18-30(29(33)19-23)38-21-32(35,36)37/h7-8,10-12,14-20H,2-6,21H2,1H3. The number of hydrogen-bond acceptors (Lipinski definition) is 1. The first-order chi connectivity index (χ1) is 18.2. The van der Waals surface area contributed by atoms with Crippen molar-refractivity contribution in [2.45, 2.75) is 45.2 Å². The van der Waals surface area contributed by atoms with Gasteiger partial charge in [-0.1, -0.05) is 80.5 Å². The van der Waals surface area contributed by atoms with Crippen LogP contribution in [0.25, 0.3) is 21.9 Å². The van der Waals surface area contributed by atoms with E-state index in [1.54, 1.807) is 18.2 Å². The molecule has 0 radical (unpaired) electrons. The van der Waals surface area contributed by atoms with Crippen LogP contribution in [-0.4, -0.2) is 12.8 Å². The van der Waals surface area contributed by atoms with Crippen molar-refractivity contribution < 1.29 is 26.7 Å². The molecule has 38 heavy (non-hydrogen) atoms. The van der Waals surface area contributed by atoms with Gasteiger partial charge >= 0.3 is 6.18 Å². The van der Waals surface area contributed by atoms with Crippen molar-refractivity contribution in [2.24, 2.45) is 0 Å². The fourth-order valence-electron chi connectivity index (χ4n) is 4.18. The Morgan fingerprint density at radius 2 is 1.53 bits per heavy atom. The summed E-state index contributed by atoms with van der Waals surface area (Å²) in [5.41, 5.74) is 3.67. The van der Waals surface area contributed by atoms with Crippen LogP contribution in [0.4, 0.5) is 22.0 Å². The molecule has 0 fully saturated rings. The van der Waals surface area contributed by atoms with E-state index in [1.807, 2.05) is 12.1 Å². The summed E-state index contributed by atoms with van der Waals surface area (Å²) in [5, 5.41) is 1.14. The van der Waals surface area contributed by atoms with E-state index in [9.17, 15) is 17.6 Å². The number of ether oxygens (including phenoxy) is 1. The lowest BCUT2D eigenvalue weighted by molar-refractivity contribution is -0.153. The molecule has 4 aromatic carbocycles. The second-order valence-electron chi connectivity index (χ2n) is 9.17. The van der Waals surface area contributed by atoms with E-state index in [4.69, 9.17) is 0 Å². The monoisotopic (exact) mass is 522 g/mol. The molecule has 0 amide bonds. The molecule has 1 nitrogen and oxygen atoms in total. The first kappa shape index (κ1) is 27.2. The van der Waals surface area contributed by atoms with Crippen molar-refractivity contribution in [3.05, 3.63) is 101 Å². The summed E-state index contributed by atoms with van der Waals surface area (Å²) in [6.07, 6.45) is 1.40. The average molecular weight is 523 g/mol. The van der Waals surface area contributed by atoms with E-state index in [0.29, 0.717) is 5.39 Å². The first-order valence-corrected chi connectivity index (χ1v) is 12.6. The van der Waals surface area contributed by atoms with Gasteiger partial charge in [0.05, 0.1) is 5.56 Å². The van der Waals surface area contributed by atoms with Gasteiger partial charge in [0.1, 0.15) is 5.82 Å². The Kier molecular flexibility index (Phi) is 8.68. The zero-order chi connectivity index (χ0) is 27.1. The Morgan fingerprint density at radius 1 is 0.763 bits per heavy atom. The maximum Gasteiger partial charge on any atom is 0.422 e. The molecule has 0 atom stereocenters. The fourth-order valence-corrected chi connectivity index (χ4v) is 4.18. The second-order valence-corrected chi connectivity index (χ2v) is 9.17. The molecule has 0 bridgehead atoms. The van der Waals surface area contributed by atoms with Gasteiger partial charge in [0.15, 0.2) is 18.2 Å². The molecule has 0 saturated carbocycles. The molecule has 196 valence electrons. The van der Waals surface area contributed by atoms with Crippen molar-refractivity contribution in [3.8, 4) is 28.7 Å². The molecule has 4 aromatic rings. The Morgan fingerprint density at radius 3 is 2.24 bits per heavy atom. The van der Waals surface area contributed by atoms with Gasteiger partial charge in [0.2, 0.25) is 0 Å². The van der Waals surface area contributed by atoms with E-state index >= 15 is 4.39 Å². The lowest BCUT2D eigenvalue weighted by Crippen LogP contribution is -2.19. The minimum atomic E-state index is -4.57. The maximum atomic E-state index is 15.2. The predicted octanol–water partition coefficient (Wildman–Crippen LogP) is 9.25. The fraction of sp³-hybridized carbons (Fsp3) is 0.250. The van der Waals surface area contributed by atoms with Crippen LogP contribution in [0.15, 0.2) is 72.8 Å². The van der Waals surface area contributed by atoms with E-state index in [2.05, 4.69) is 47.8 Å². The third-order valence-electron chi connectivity index (χ3n) is 6.23. The molecule has 4 rings (SSSR count). The third-order valence-corrected chi connectivity index (χ3v) is 6.23. The topological polar surface area (TPSA) is 9.23 Å². The largest absolute Gasteiger partial charge is 0.481 e. The van der Waals surface area contributed by atoms with Gasteiger partial charge in [0.25, 0.3) is 0 Å². The maximum absolute atomic E-state index is 15.2. The van der Waals surface area contributed by atoms with Crippen LogP contribution in [0.1, 0.15) is 49.3 Å². The van der Waals surface area contributed by atoms with Gasteiger partial charge in [-0.2, -0.15) is 13.2 Å². The molecule has 0 aliphatic heterocycles. The smallest absolute Gasteiger partial charge is 0.422 e. The second kappa shape index (κ2) is 12.1. The molecular formula is C32H27F5O. The van der Waals surface area contributed by atoms with E-state index in [1.165, 1.54) is 37.3 Å². The number of alkyl halides is 3. The minimum absolute atomic E-state index is 0.135. The summed E-state index contributed by atoms with van der Waals surface area (Å²) < 4.78 is 70.6. The van der Waals surface area contributed by atoms with Gasteiger partial charge in [0, 0.05) is 10.9 Å². The van der Waals surface area contributed by atoms with Crippen LogP contribution in [0.2, 0.25) is 0 Å². The number of benzene rings is 4.